The van der Waals surface area contributed by atoms with E-state index in [9.17, 15) is 0 Å². The molecule has 0 radical (unpaired) electrons. The van der Waals surface area contributed by atoms with Crippen LogP contribution in [0.1, 0.15) is 11.6 Å². The molecular weight excluding hydrogens is 230 g/mol. The number of oxazole rings is 1. The average Bonchev–Trinajstić information content (AvgIpc) is 2.94. The van der Waals surface area contributed by atoms with Gasteiger partial charge in [-0.1, -0.05) is 0 Å². The molecule has 92 valence electrons. The van der Waals surface area contributed by atoms with Crippen LogP contribution in [0.4, 0.5) is 0 Å². The number of rotatable bonds is 3. The molecule has 0 atom stereocenters. The maximum atomic E-state index is 5.54. The monoisotopic (exact) mass is 243 g/mol. The quantitative estimate of drug-likeness (QED) is 0.768. The standard InChI is InChI=1S/C13H13N3O2/c1-8-5-10(16-15-8)9-3-4-12-11(6-9)14-13(18-12)7-17-2/h3-6H,7H2,1-2H3,(H,15,16). The Morgan fingerprint density at radius 2 is 2.22 bits per heavy atom. The molecule has 0 amide bonds. The Hall–Kier alpha value is -2.14. The van der Waals surface area contributed by atoms with Gasteiger partial charge >= 0.3 is 0 Å². The molecule has 1 aromatic carbocycles. The van der Waals surface area contributed by atoms with E-state index in [0.717, 1.165) is 28.1 Å². The zero-order valence-corrected chi connectivity index (χ0v) is 10.2. The number of aromatic nitrogens is 3. The number of aryl methyl sites for hydroxylation is 1. The smallest absolute Gasteiger partial charge is 0.221 e. The van der Waals surface area contributed by atoms with E-state index in [1.54, 1.807) is 7.11 Å². The molecule has 0 unspecified atom stereocenters. The minimum Gasteiger partial charge on any atom is -0.438 e. The van der Waals surface area contributed by atoms with Crippen molar-refractivity contribution in [1.82, 2.24) is 15.2 Å². The number of hydrogen-bond donors (Lipinski definition) is 1. The Morgan fingerprint density at radius 3 is 2.94 bits per heavy atom. The summed E-state index contributed by atoms with van der Waals surface area (Å²) in [5.41, 5.74) is 4.54. The van der Waals surface area contributed by atoms with E-state index in [2.05, 4.69) is 15.2 Å². The van der Waals surface area contributed by atoms with Gasteiger partial charge < -0.3 is 9.15 Å². The molecular formula is C13H13N3O2. The van der Waals surface area contributed by atoms with E-state index in [1.807, 2.05) is 31.2 Å². The highest BCUT2D eigenvalue weighted by atomic mass is 16.5. The lowest BCUT2D eigenvalue weighted by molar-refractivity contribution is 0.161. The predicted molar refractivity (Wildman–Crippen MR) is 67.0 cm³/mol. The van der Waals surface area contributed by atoms with Crippen LogP contribution in [0, 0.1) is 6.92 Å². The highest BCUT2D eigenvalue weighted by molar-refractivity contribution is 5.79. The van der Waals surface area contributed by atoms with Crippen LogP contribution < -0.4 is 0 Å². The summed E-state index contributed by atoms with van der Waals surface area (Å²) < 4.78 is 10.5. The topological polar surface area (TPSA) is 63.9 Å². The van der Waals surface area contributed by atoms with Crippen molar-refractivity contribution >= 4 is 11.1 Å². The fourth-order valence-electron chi connectivity index (χ4n) is 1.89. The van der Waals surface area contributed by atoms with Crippen molar-refractivity contribution in [1.29, 1.82) is 0 Å². The molecule has 0 saturated carbocycles. The molecule has 18 heavy (non-hydrogen) atoms. The van der Waals surface area contributed by atoms with Crippen molar-refractivity contribution in [3.05, 3.63) is 35.9 Å². The summed E-state index contributed by atoms with van der Waals surface area (Å²) in [6, 6.07) is 7.84. The first-order valence-electron chi connectivity index (χ1n) is 5.67. The summed E-state index contributed by atoms with van der Waals surface area (Å²) in [6.07, 6.45) is 0. The van der Waals surface area contributed by atoms with Gasteiger partial charge in [0, 0.05) is 18.4 Å². The molecule has 2 heterocycles. The summed E-state index contributed by atoms with van der Waals surface area (Å²) in [5, 5.41) is 7.15. The number of H-pyrrole nitrogens is 1. The van der Waals surface area contributed by atoms with Gasteiger partial charge in [0.05, 0.1) is 5.69 Å². The van der Waals surface area contributed by atoms with E-state index in [-0.39, 0.29) is 0 Å². The van der Waals surface area contributed by atoms with Crippen molar-refractivity contribution < 1.29 is 9.15 Å². The lowest BCUT2D eigenvalue weighted by Crippen LogP contribution is -1.85. The lowest BCUT2D eigenvalue weighted by Gasteiger charge is -1.94. The molecule has 0 bridgehead atoms. The number of aromatic amines is 1. The summed E-state index contributed by atoms with van der Waals surface area (Å²) in [5.74, 6) is 0.586. The fraction of sp³-hybridized carbons (Fsp3) is 0.231. The van der Waals surface area contributed by atoms with E-state index in [4.69, 9.17) is 9.15 Å². The second-order valence-electron chi connectivity index (χ2n) is 4.16. The molecule has 0 aliphatic heterocycles. The largest absolute Gasteiger partial charge is 0.438 e. The lowest BCUT2D eigenvalue weighted by atomic mass is 10.1. The summed E-state index contributed by atoms with van der Waals surface area (Å²) in [7, 11) is 1.62. The Labute approximate surface area is 104 Å². The molecule has 0 fully saturated rings. The van der Waals surface area contributed by atoms with Crippen molar-refractivity contribution in [3.63, 3.8) is 0 Å². The first-order chi connectivity index (χ1) is 8.76. The molecule has 0 aliphatic rings. The first-order valence-corrected chi connectivity index (χ1v) is 5.67. The Balaban J connectivity index is 2.05. The Kier molecular flexibility index (Phi) is 2.60. The highest BCUT2D eigenvalue weighted by Crippen LogP contribution is 2.24. The predicted octanol–water partition coefficient (Wildman–Crippen LogP) is 2.67. The normalized spacial score (nSPS) is 11.2. The third kappa shape index (κ3) is 1.89. The molecule has 0 spiro atoms. The third-order valence-electron chi connectivity index (χ3n) is 2.70. The van der Waals surface area contributed by atoms with Crippen molar-refractivity contribution in [2.45, 2.75) is 13.5 Å². The van der Waals surface area contributed by atoms with Gasteiger partial charge in [0.15, 0.2) is 5.58 Å². The molecule has 3 rings (SSSR count). The van der Waals surface area contributed by atoms with Crippen LogP contribution in [-0.4, -0.2) is 22.3 Å². The van der Waals surface area contributed by atoms with Crippen LogP contribution in [0.2, 0.25) is 0 Å². The van der Waals surface area contributed by atoms with Gasteiger partial charge in [-0.25, -0.2) is 4.98 Å². The van der Waals surface area contributed by atoms with Crippen LogP contribution in [-0.2, 0) is 11.3 Å². The maximum absolute atomic E-state index is 5.54. The summed E-state index contributed by atoms with van der Waals surface area (Å²) in [6.45, 7) is 2.35. The summed E-state index contributed by atoms with van der Waals surface area (Å²) in [4.78, 5) is 4.37. The molecule has 0 saturated heterocycles. The first kappa shape index (κ1) is 11.0. The fourth-order valence-corrected chi connectivity index (χ4v) is 1.89. The SMILES string of the molecule is COCc1nc2cc(-c3cc(C)[nH]n3)ccc2o1. The summed E-state index contributed by atoms with van der Waals surface area (Å²) >= 11 is 0. The van der Waals surface area contributed by atoms with Crippen LogP contribution in [0.3, 0.4) is 0 Å². The van der Waals surface area contributed by atoms with Gasteiger partial charge in [-0.2, -0.15) is 5.10 Å². The van der Waals surface area contributed by atoms with Crippen LogP contribution >= 0.6 is 0 Å². The number of fused-ring (bicyclic) bond motifs is 1. The molecule has 5 nitrogen and oxygen atoms in total. The van der Waals surface area contributed by atoms with Gasteiger partial charge in [-0.15, -0.1) is 0 Å². The van der Waals surface area contributed by atoms with Crippen LogP contribution in [0.15, 0.2) is 28.7 Å². The molecule has 5 heteroatoms. The van der Waals surface area contributed by atoms with E-state index in [1.165, 1.54) is 0 Å². The van der Waals surface area contributed by atoms with Gasteiger partial charge in [0.1, 0.15) is 12.1 Å². The van der Waals surface area contributed by atoms with Gasteiger partial charge in [-0.05, 0) is 31.2 Å². The van der Waals surface area contributed by atoms with Gasteiger partial charge in [-0.3, -0.25) is 5.10 Å². The van der Waals surface area contributed by atoms with E-state index < -0.39 is 0 Å². The second-order valence-corrected chi connectivity index (χ2v) is 4.16. The maximum Gasteiger partial charge on any atom is 0.221 e. The van der Waals surface area contributed by atoms with Crippen LogP contribution in [0.5, 0.6) is 0 Å². The van der Waals surface area contributed by atoms with Crippen molar-refractivity contribution in [3.8, 4) is 11.3 Å². The number of ether oxygens (including phenoxy) is 1. The number of hydrogen-bond acceptors (Lipinski definition) is 4. The van der Waals surface area contributed by atoms with Crippen LogP contribution in [0.25, 0.3) is 22.4 Å². The minimum absolute atomic E-state index is 0.380. The minimum atomic E-state index is 0.380. The van der Waals surface area contributed by atoms with E-state index >= 15 is 0 Å². The van der Waals surface area contributed by atoms with Gasteiger partial charge in [0.2, 0.25) is 5.89 Å². The number of benzene rings is 1. The molecule has 1 N–H and O–H groups in total. The average molecular weight is 243 g/mol. The zero-order valence-electron chi connectivity index (χ0n) is 10.2. The number of methoxy groups -OCH3 is 1. The molecule has 3 aromatic rings. The number of nitrogens with one attached hydrogen (secondary N) is 1. The molecule has 2 aromatic heterocycles. The third-order valence-corrected chi connectivity index (χ3v) is 2.70. The Bertz CT molecular complexity index is 684. The van der Waals surface area contributed by atoms with Crippen molar-refractivity contribution in [2.75, 3.05) is 7.11 Å². The highest BCUT2D eigenvalue weighted by Gasteiger charge is 2.08. The van der Waals surface area contributed by atoms with E-state index in [0.29, 0.717) is 12.5 Å². The Morgan fingerprint density at radius 1 is 1.33 bits per heavy atom. The zero-order chi connectivity index (χ0) is 12.5. The molecule has 0 aliphatic carbocycles. The number of nitrogens with zero attached hydrogens (tertiary/aromatic N) is 2. The van der Waals surface area contributed by atoms with Crippen molar-refractivity contribution in [2.24, 2.45) is 0 Å². The van der Waals surface area contributed by atoms with Gasteiger partial charge in [0.25, 0.3) is 0 Å². The second kappa shape index (κ2) is 4.27.